The fourth-order valence-corrected chi connectivity index (χ4v) is 2.82. The molecule has 0 N–H and O–H groups in total. The van der Waals surface area contributed by atoms with Crippen LogP contribution in [0.4, 0.5) is 0 Å². The molecule has 2 heterocycles. The number of ether oxygens (including phenoxy) is 2. The molecule has 0 fully saturated rings. The van der Waals surface area contributed by atoms with E-state index >= 15 is 0 Å². The highest BCUT2D eigenvalue weighted by molar-refractivity contribution is 6.32. The lowest BCUT2D eigenvalue weighted by atomic mass is 10.2. The number of halogens is 1. The van der Waals surface area contributed by atoms with Gasteiger partial charge in [-0.05, 0) is 40.3 Å². The number of rotatable bonds is 3. The molecule has 0 unspecified atom stereocenters. The van der Waals surface area contributed by atoms with Crippen molar-refractivity contribution in [3.63, 3.8) is 0 Å². The summed E-state index contributed by atoms with van der Waals surface area (Å²) in [5.41, 5.74) is 1.12. The van der Waals surface area contributed by atoms with E-state index in [1.807, 2.05) is 18.2 Å². The Morgan fingerprint density at radius 2 is 1.88 bits per heavy atom. The molecule has 1 aliphatic heterocycles. The number of fused-ring (bicyclic) bond motifs is 1. The lowest BCUT2D eigenvalue weighted by molar-refractivity contribution is 0.171. The van der Waals surface area contributed by atoms with Gasteiger partial charge in [0.1, 0.15) is 13.2 Å². The normalized spacial score (nSPS) is 13.0. The zero-order valence-corrected chi connectivity index (χ0v) is 13.3. The van der Waals surface area contributed by atoms with Crippen molar-refractivity contribution in [2.75, 3.05) is 13.2 Å². The minimum atomic E-state index is -0.327. The summed E-state index contributed by atoms with van der Waals surface area (Å²) in [6.45, 7) is 1.18. The van der Waals surface area contributed by atoms with Crippen molar-refractivity contribution in [1.29, 1.82) is 0 Å². The molecule has 122 valence electrons. The van der Waals surface area contributed by atoms with Crippen molar-refractivity contribution in [2.45, 2.75) is 6.54 Å². The van der Waals surface area contributed by atoms with E-state index in [1.165, 1.54) is 9.36 Å². The minimum Gasteiger partial charge on any atom is -0.486 e. The summed E-state index contributed by atoms with van der Waals surface area (Å²) in [4.78, 5) is 12.5. The van der Waals surface area contributed by atoms with E-state index in [0.29, 0.717) is 35.4 Å². The predicted octanol–water partition coefficient (Wildman–Crippen LogP) is 1.90. The van der Waals surface area contributed by atoms with E-state index in [-0.39, 0.29) is 12.2 Å². The first kappa shape index (κ1) is 14.8. The second-order valence-corrected chi connectivity index (χ2v) is 5.68. The molecule has 7 nitrogen and oxygen atoms in total. The Morgan fingerprint density at radius 1 is 1.08 bits per heavy atom. The van der Waals surface area contributed by atoms with Crippen molar-refractivity contribution >= 4 is 11.6 Å². The zero-order chi connectivity index (χ0) is 16.5. The fraction of sp³-hybridized carbons (Fsp3) is 0.188. The summed E-state index contributed by atoms with van der Waals surface area (Å²) < 4.78 is 13.6. The van der Waals surface area contributed by atoms with Gasteiger partial charge < -0.3 is 9.47 Å². The monoisotopic (exact) mass is 344 g/mol. The summed E-state index contributed by atoms with van der Waals surface area (Å²) in [5.74, 6) is 1.11. The van der Waals surface area contributed by atoms with E-state index in [0.717, 1.165) is 5.56 Å². The molecule has 0 aliphatic carbocycles. The number of para-hydroxylation sites is 1. The smallest absolute Gasteiger partial charge is 0.368 e. The molecule has 0 spiro atoms. The molecular weight excluding hydrogens is 332 g/mol. The van der Waals surface area contributed by atoms with Crippen LogP contribution in [0.5, 0.6) is 11.5 Å². The molecule has 24 heavy (non-hydrogen) atoms. The maximum atomic E-state index is 12.5. The quantitative estimate of drug-likeness (QED) is 0.725. The van der Waals surface area contributed by atoms with Crippen LogP contribution >= 0.6 is 11.6 Å². The fourth-order valence-electron chi connectivity index (χ4n) is 2.53. The average molecular weight is 345 g/mol. The van der Waals surface area contributed by atoms with Crippen LogP contribution < -0.4 is 15.2 Å². The number of hydrogen-bond donors (Lipinski definition) is 0. The Kier molecular flexibility index (Phi) is 3.70. The summed E-state index contributed by atoms with van der Waals surface area (Å²) in [6, 6.07) is 12.7. The SMILES string of the molecule is O=c1n(Cc2cc(Cl)c3c(c2)OCCO3)nnn1-c1ccccc1. The van der Waals surface area contributed by atoms with Crippen molar-refractivity contribution < 1.29 is 9.47 Å². The highest BCUT2D eigenvalue weighted by Gasteiger charge is 2.18. The minimum absolute atomic E-state index is 0.238. The first-order chi connectivity index (χ1) is 11.7. The second kappa shape index (κ2) is 6.01. The van der Waals surface area contributed by atoms with Crippen LogP contribution in [-0.2, 0) is 6.54 Å². The largest absolute Gasteiger partial charge is 0.486 e. The number of benzene rings is 2. The molecule has 0 radical (unpaired) electrons. The molecule has 0 bridgehead atoms. The molecule has 2 aromatic carbocycles. The van der Waals surface area contributed by atoms with Crippen LogP contribution in [0.15, 0.2) is 47.3 Å². The van der Waals surface area contributed by atoms with Crippen LogP contribution in [-0.4, -0.2) is 33.0 Å². The van der Waals surface area contributed by atoms with E-state index in [1.54, 1.807) is 24.3 Å². The summed E-state index contributed by atoms with van der Waals surface area (Å²) in [7, 11) is 0. The lowest BCUT2D eigenvalue weighted by Crippen LogP contribution is -2.25. The third-order valence-corrected chi connectivity index (χ3v) is 3.91. The molecule has 3 aromatic rings. The Bertz CT molecular complexity index is 936. The molecule has 1 aromatic heterocycles. The van der Waals surface area contributed by atoms with Crippen molar-refractivity contribution in [3.05, 3.63) is 63.5 Å². The van der Waals surface area contributed by atoms with Gasteiger partial charge in [-0.15, -0.1) is 0 Å². The van der Waals surface area contributed by atoms with Gasteiger partial charge in [0.15, 0.2) is 11.5 Å². The summed E-state index contributed by atoms with van der Waals surface area (Å²) in [6.07, 6.45) is 0. The van der Waals surface area contributed by atoms with Crippen molar-refractivity contribution in [1.82, 2.24) is 19.8 Å². The molecule has 0 atom stereocenters. The van der Waals surface area contributed by atoms with Crippen LogP contribution in [0.1, 0.15) is 5.56 Å². The summed E-state index contributed by atoms with van der Waals surface area (Å²) >= 11 is 6.22. The summed E-state index contributed by atoms with van der Waals surface area (Å²) in [5, 5.41) is 8.30. The van der Waals surface area contributed by atoms with Crippen LogP contribution in [0.25, 0.3) is 5.69 Å². The number of aromatic nitrogens is 4. The standard InChI is InChI=1S/C16H13ClN4O3/c17-13-8-11(9-14-15(13)24-7-6-23-14)10-20-16(22)21(19-18-20)12-4-2-1-3-5-12/h1-5,8-9H,6-7,10H2. The lowest BCUT2D eigenvalue weighted by Gasteiger charge is -2.20. The zero-order valence-electron chi connectivity index (χ0n) is 12.6. The van der Waals surface area contributed by atoms with Crippen molar-refractivity contribution in [3.8, 4) is 17.2 Å². The third kappa shape index (κ3) is 2.63. The molecule has 0 saturated carbocycles. The Hall–Kier alpha value is -2.80. The van der Waals surface area contributed by atoms with E-state index in [2.05, 4.69) is 10.4 Å². The van der Waals surface area contributed by atoms with Gasteiger partial charge in [-0.25, -0.2) is 4.79 Å². The molecule has 0 saturated heterocycles. The molecule has 0 amide bonds. The first-order valence-corrected chi connectivity index (χ1v) is 7.76. The van der Waals surface area contributed by atoms with Crippen LogP contribution in [0, 0.1) is 0 Å². The van der Waals surface area contributed by atoms with E-state index < -0.39 is 0 Å². The Morgan fingerprint density at radius 3 is 2.71 bits per heavy atom. The van der Waals surface area contributed by atoms with Gasteiger partial charge in [-0.3, -0.25) is 0 Å². The van der Waals surface area contributed by atoms with Crippen molar-refractivity contribution in [2.24, 2.45) is 0 Å². The molecule has 4 rings (SSSR count). The van der Waals surface area contributed by atoms with Gasteiger partial charge in [0.2, 0.25) is 0 Å². The predicted molar refractivity (Wildman–Crippen MR) is 87.2 cm³/mol. The van der Waals surface area contributed by atoms with Gasteiger partial charge >= 0.3 is 5.69 Å². The van der Waals surface area contributed by atoms with E-state index in [9.17, 15) is 4.79 Å². The van der Waals surface area contributed by atoms with Gasteiger partial charge in [0.25, 0.3) is 0 Å². The first-order valence-electron chi connectivity index (χ1n) is 7.38. The Labute approximate surface area is 142 Å². The van der Waals surface area contributed by atoms with Gasteiger partial charge in [-0.2, -0.15) is 9.36 Å². The third-order valence-electron chi connectivity index (χ3n) is 3.63. The average Bonchev–Trinajstić information content (AvgIpc) is 2.96. The molecule has 8 heteroatoms. The topological polar surface area (TPSA) is 71.2 Å². The molecular formula is C16H13ClN4O3. The number of hydrogen-bond acceptors (Lipinski definition) is 5. The number of nitrogens with zero attached hydrogens (tertiary/aromatic N) is 4. The Balaban J connectivity index is 1.66. The van der Waals surface area contributed by atoms with Gasteiger partial charge in [-0.1, -0.05) is 29.8 Å². The van der Waals surface area contributed by atoms with Gasteiger partial charge in [0.05, 0.1) is 17.3 Å². The maximum absolute atomic E-state index is 12.5. The molecule has 1 aliphatic rings. The highest BCUT2D eigenvalue weighted by atomic mass is 35.5. The second-order valence-electron chi connectivity index (χ2n) is 5.27. The van der Waals surface area contributed by atoms with E-state index in [4.69, 9.17) is 21.1 Å². The van der Waals surface area contributed by atoms with Crippen LogP contribution in [0.2, 0.25) is 5.02 Å². The number of tetrazole rings is 1. The van der Waals surface area contributed by atoms with Gasteiger partial charge in [0, 0.05) is 0 Å². The highest BCUT2D eigenvalue weighted by Crippen LogP contribution is 2.38. The maximum Gasteiger partial charge on any atom is 0.368 e. The van der Waals surface area contributed by atoms with Crippen LogP contribution in [0.3, 0.4) is 0 Å².